The quantitative estimate of drug-likeness (QED) is 0.332. The maximum atomic E-state index is 5.16. The Morgan fingerprint density at radius 3 is 2.52 bits per heavy atom. The van der Waals surface area contributed by atoms with Gasteiger partial charge in [0.2, 0.25) is 0 Å². The molecule has 0 heterocycles. The first-order valence-corrected chi connectivity index (χ1v) is 7.33. The van der Waals surface area contributed by atoms with E-state index in [9.17, 15) is 0 Å². The summed E-state index contributed by atoms with van der Waals surface area (Å²) in [6, 6.07) is 8.88. The van der Waals surface area contributed by atoms with Crippen LogP contribution in [0.5, 0.6) is 5.75 Å². The van der Waals surface area contributed by atoms with Crippen LogP contribution >= 0.6 is 24.0 Å². The van der Waals surface area contributed by atoms with E-state index in [4.69, 9.17) is 4.74 Å². The van der Waals surface area contributed by atoms with Crippen LogP contribution in [0.4, 0.5) is 0 Å². The summed E-state index contributed by atoms with van der Waals surface area (Å²) in [6.07, 6.45) is 3.41. The number of nitrogens with one attached hydrogen (secondary N) is 2. The molecule has 2 atom stereocenters. The van der Waals surface area contributed by atoms with Gasteiger partial charge in [0.1, 0.15) is 5.75 Å². The van der Waals surface area contributed by atoms with Crippen molar-refractivity contribution < 1.29 is 4.74 Å². The minimum atomic E-state index is 0. The summed E-state index contributed by atoms with van der Waals surface area (Å²) in [4.78, 5) is 4.25. The first-order chi connectivity index (χ1) is 9.72. The van der Waals surface area contributed by atoms with Crippen LogP contribution in [0, 0.1) is 5.92 Å². The molecular formula is C16H26IN3O. The molecule has 1 aromatic carbocycles. The predicted molar refractivity (Wildman–Crippen MR) is 98.8 cm³/mol. The number of ether oxygens (including phenoxy) is 1. The molecule has 2 unspecified atom stereocenters. The van der Waals surface area contributed by atoms with Gasteiger partial charge in [-0.15, -0.1) is 24.0 Å². The Hall–Kier alpha value is -0.980. The highest BCUT2D eigenvalue weighted by Crippen LogP contribution is 2.28. The van der Waals surface area contributed by atoms with E-state index in [1.807, 2.05) is 19.2 Å². The fraction of sp³-hybridized carbons (Fsp3) is 0.562. The molecule has 0 saturated heterocycles. The lowest BCUT2D eigenvalue weighted by Gasteiger charge is -2.11. The Balaban J connectivity index is 0.00000220. The lowest BCUT2D eigenvalue weighted by molar-refractivity contribution is 0.414. The third-order valence-corrected chi connectivity index (χ3v) is 3.75. The molecule has 0 spiro atoms. The highest BCUT2D eigenvalue weighted by molar-refractivity contribution is 14.0. The van der Waals surface area contributed by atoms with Crippen LogP contribution in [0.2, 0.25) is 0 Å². The molecule has 1 aliphatic rings. The lowest BCUT2D eigenvalue weighted by atomic mass is 10.1. The maximum Gasteiger partial charge on any atom is 0.191 e. The Morgan fingerprint density at radius 1 is 1.33 bits per heavy atom. The lowest BCUT2D eigenvalue weighted by Crippen LogP contribution is -2.39. The van der Waals surface area contributed by atoms with E-state index >= 15 is 0 Å². The van der Waals surface area contributed by atoms with Gasteiger partial charge in [0.25, 0.3) is 0 Å². The summed E-state index contributed by atoms with van der Waals surface area (Å²) in [7, 11) is 3.52. The smallest absolute Gasteiger partial charge is 0.191 e. The van der Waals surface area contributed by atoms with Crippen LogP contribution in [-0.4, -0.2) is 32.7 Å². The highest BCUT2D eigenvalue weighted by Gasteiger charge is 2.32. The van der Waals surface area contributed by atoms with E-state index in [-0.39, 0.29) is 24.0 Å². The number of guanidine groups is 1. The molecule has 0 aliphatic heterocycles. The van der Waals surface area contributed by atoms with Crippen molar-refractivity contribution in [3.05, 3.63) is 29.8 Å². The normalized spacial score (nSPS) is 20.4. The highest BCUT2D eigenvalue weighted by atomic mass is 127. The molecule has 2 N–H and O–H groups in total. The number of benzene rings is 1. The number of methoxy groups -OCH3 is 1. The fourth-order valence-electron chi connectivity index (χ4n) is 2.18. The van der Waals surface area contributed by atoms with E-state index in [0.29, 0.717) is 6.04 Å². The van der Waals surface area contributed by atoms with Crippen molar-refractivity contribution in [2.45, 2.75) is 32.2 Å². The minimum absolute atomic E-state index is 0. The van der Waals surface area contributed by atoms with Crippen LogP contribution < -0.4 is 15.4 Å². The molecule has 0 radical (unpaired) electrons. The molecule has 1 aliphatic carbocycles. The molecule has 5 heteroatoms. The maximum absolute atomic E-state index is 5.16. The van der Waals surface area contributed by atoms with Crippen molar-refractivity contribution in [1.82, 2.24) is 10.6 Å². The van der Waals surface area contributed by atoms with Crippen molar-refractivity contribution in [1.29, 1.82) is 0 Å². The van der Waals surface area contributed by atoms with Crippen LogP contribution in [0.15, 0.2) is 29.3 Å². The standard InChI is InChI=1S/C16H25N3O.HI/c1-12-11-15(12)19-16(17-2)18-10-4-5-13-6-8-14(20-3)9-7-13;/h6-9,12,15H,4-5,10-11H2,1-3H3,(H2,17,18,19);1H. The van der Waals surface area contributed by atoms with Crippen LogP contribution in [0.1, 0.15) is 25.3 Å². The van der Waals surface area contributed by atoms with Gasteiger partial charge in [-0.3, -0.25) is 4.99 Å². The molecule has 21 heavy (non-hydrogen) atoms. The molecular weight excluding hydrogens is 377 g/mol. The summed E-state index contributed by atoms with van der Waals surface area (Å²) in [5, 5.41) is 6.79. The van der Waals surface area contributed by atoms with Gasteiger partial charge in [-0.05, 0) is 42.9 Å². The molecule has 2 rings (SSSR count). The van der Waals surface area contributed by atoms with E-state index in [1.54, 1.807) is 7.11 Å². The zero-order chi connectivity index (χ0) is 14.4. The number of aliphatic imine (C=N–C) groups is 1. The van der Waals surface area contributed by atoms with Gasteiger partial charge < -0.3 is 15.4 Å². The number of halogens is 1. The number of rotatable bonds is 6. The molecule has 0 amide bonds. The van der Waals surface area contributed by atoms with Crippen molar-refractivity contribution in [3.63, 3.8) is 0 Å². The molecule has 0 aromatic heterocycles. The second kappa shape index (κ2) is 9.12. The summed E-state index contributed by atoms with van der Waals surface area (Å²) < 4.78 is 5.16. The molecule has 1 aromatic rings. The molecule has 4 nitrogen and oxygen atoms in total. The Bertz CT molecular complexity index is 447. The number of nitrogens with zero attached hydrogens (tertiary/aromatic N) is 1. The largest absolute Gasteiger partial charge is 0.497 e. The SMILES string of the molecule is CN=C(NCCCc1ccc(OC)cc1)NC1CC1C.I. The molecule has 118 valence electrons. The average molecular weight is 403 g/mol. The van der Waals surface area contributed by atoms with E-state index in [2.05, 4.69) is 34.7 Å². The van der Waals surface area contributed by atoms with Gasteiger partial charge in [-0.1, -0.05) is 19.1 Å². The van der Waals surface area contributed by atoms with Crippen LogP contribution in [0.25, 0.3) is 0 Å². The van der Waals surface area contributed by atoms with Gasteiger partial charge in [-0.2, -0.15) is 0 Å². The first kappa shape index (κ1) is 18.1. The number of hydrogen-bond donors (Lipinski definition) is 2. The zero-order valence-electron chi connectivity index (χ0n) is 13.1. The molecule has 1 saturated carbocycles. The topological polar surface area (TPSA) is 45.7 Å². The minimum Gasteiger partial charge on any atom is -0.497 e. The second-order valence-electron chi connectivity index (χ2n) is 5.41. The van der Waals surface area contributed by atoms with Crippen molar-refractivity contribution >= 4 is 29.9 Å². The Kier molecular flexibility index (Phi) is 7.85. The summed E-state index contributed by atoms with van der Waals surface area (Å²) in [5.74, 6) is 2.62. The molecule has 1 fully saturated rings. The Labute approximate surface area is 144 Å². The van der Waals surface area contributed by atoms with E-state index in [1.165, 1.54) is 12.0 Å². The third-order valence-electron chi connectivity index (χ3n) is 3.75. The van der Waals surface area contributed by atoms with Crippen LogP contribution in [0.3, 0.4) is 0 Å². The first-order valence-electron chi connectivity index (χ1n) is 7.33. The van der Waals surface area contributed by atoms with Gasteiger partial charge in [0.15, 0.2) is 5.96 Å². The summed E-state index contributed by atoms with van der Waals surface area (Å²) in [5.41, 5.74) is 1.34. The summed E-state index contributed by atoms with van der Waals surface area (Å²) >= 11 is 0. The van der Waals surface area contributed by atoms with Gasteiger partial charge in [0, 0.05) is 19.6 Å². The van der Waals surface area contributed by atoms with Gasteiger partial charge in [-0.25, -0.2) is 0 Å². The monoisotopic (exact) mass is 403 g/mol. The van der Waals surface area contributed by atoms with Gasteiger partial charge in [0.05, 0.1) is 7.11 Å². The van der Waals surface area contributed by atoms with Crippen molar-refractivity contribution in [2.24, 2.45) is 10.9 Å². The number of aryl methyl sites for hydroxylation is 1. The van der Waals surface area contributed by atoms with E-state index < -0.39 is 0 Å². The fourth-order valence-corrected chi connectivity index (χ4v) is 2.18. The summed E-state index contributed by atoms with van der Waals surface area (Å²) in [6.45, 7) is 3.20. The van der Waals surface area contributed by atoms with Gasteiger partial charge >= 0.3 is 0 Å². The Morgan fingerprint density at radius 2 is 2.00 bits per heavy atom. The second-order valence-corrected chi connectivity index (χ2v) is 5.41. The predicted octanol–water partition coefficient (Wildman–Crippen LogP) is 2.82. The van der Waals surface area contributed by atoms with Crippen LogP contribution in [-0.2, 0) is 6.42 Å². The zero-order valence-corrected chi connectivity index (χ0v) is 15.4. The molecule has 0 bridgehead atoms. The van der Waals surface area contributed by atoms with E-state index in [0.717, 1.165) is 37.0 Å². The average Bonchev–Trinajstić information content (AvgIpc) is 3.18. The van der Waals surface area contributed by atoms with Crippen molar-refractivity contribution in [2.75, 3.05) is 20.7 Å². The van der Waals surface area contributed by atoms with Crippen molar-refractivity contribution in [3.8, 4) is 5.75 Å². The third kappa shape index (κ3) is 6.11. The number of hydrogen-bond acceptors (Lipinski definition) is 2.